The lowest BCUT2D eigenvalue weighted by atomic mass is 9.72. The first-order valence-corrected chi connectivity index (χ1v) is 8.84. The third kappa shape index (κ3) is 2.14. The fourth-order valence-electron chi connectivity index (χ4n) is 5.59. The van der Waals surface area contributed by atoms with Gasteiger partial charge in [0.2, 0.25) is 0 Å². The maximum Gasteiger partial charge on any atom is 0.186 e. The first-order chi connectivity index (χ1) is 11.4. The van der Waals surface area contributed by atoms with E-state index in [1.807, 2.05) is 6.08 Å². The molecule has 1 aromatic rings. The van der Waals surface area contributed by atoms with Gasteiger partial charge in [-0.1, -0.05) is 33.8 Å². The average Bonchev–Trinajstić information content (AvgIpc) is 2.79. The molecule has 0 bridgehead atoms. The smallest absolute Gasteiger partial charge is 0.186 e. The van der Waals surface area contributed by atoms with Gasteiger partial charge in [-0.2, -0.15) is 0 Å². The normalized spacial score (nSPS) is 30.6. The molecule has 1 spiro atoms. The topological polar surface area (TPSA) is 80.9 Å². The second kappa shape index (κ2) is 4.49. The van der Waals surface area contributed by atoms with E-state index in [2.05, 4.69) is 27.7 Å². The van der Waals surface area contributed by atoms with Crippen LogP contribution in [-0.2, 0) is 10.8 Å². The van der Waals surface area contributed by atoms with Crippen molar-refractivity contribution in [1.29, 1.82) is 0 Å². The summed E-state index contributed by atoms with van der Waals surface area (Å²) in [4.78, 5) is 0. The molecule has 25 heavy (non-hydrogen) atoms. The number of aromatic hydroxyl groups is 2. The molecule has 1 unspecified atom stereocenters. The average molecular weight is 342 g/mol. The molecule has 1 atom stereocenters. The van der Waals surface area contributed by atoms with Gasteiger partial charge in [0.1, 0.15) is 0 Å². The number of hydrogen-bond donors (Lipinski definition) is 4. The van der Waals surface area contributed by atoms with Crippen LogP contribution in [0.15, 0.2) is 35.4 Å². The minimum Gasteiger partial charge on any atom is -0.504 e. The lowest BCUT2D eigenvalue weighted by molar-refractivity contribution is -0.116. The summed E-state index contributed by atoms with van der Waals surface area (Å²) in [7, 11) is 0. The van der Waals surface area contributed by atoms with Gasteiger partial charge in [0.15, 0.2) is 17.3 Å². The van der Waals surface area contributed by atoms with E-state index in [9.17, 15) is 20.4 Å². The third-order valence-corrected chi connectivity index (χ3v) is 6.36. The van der Waals surface area contributed by atoms with Crippen molar-refractivity contribution in [3.63, 3.8) is 0 Å². The molecule has 134 valence electrons. The lowest BCUT2D eigenvalue weighted by Gasteiger charge is -2.33. The Balaban J connectivity index is 2.02. The molecule has 4 N–H and O–H groups in total. The summed E-state index contributed by atoms with van der Waals surface area (Å²) >= 11 is 0. The molecule has 1 saturated carbocycles. The van der Waals surface area contributed by atoms with Crippen LogP contribution in [0.25, 0.3) is 0 Å². The fourth-order valence-corrected chi connectivity index (χ4v) is 5.59. The molecular weight excluding hydrogens is 316 g/mol. The zero-order valence-electron chi connectivity index (χ0n) is 15.2. The summed E-state index contributed by atoms with van der Waals surface area (Å²) in [5.41, 5.74) is 3.50. The monoisotopic (exact) mass is 342 g/mol. The SMILES string of the molecule is CC1(C)CC2(CC(C)(C)c3cc(O)c(O)cc32)C2=CC(O)(O)CC=C21. The Hall–Kier alpha value is -1.78. The summed E-state index contributed by atoms with van der Waals surface area (Å²) in [6.07, 6.45) is 5.40. The number of benzene rings is 1. The van der Waals surface area contributed by atoms with E-state index in [1.54, 1.807) is 18.2 Å². The van der Waals surface area contributed by atoms with E-state index >= 15 is 0 Å². The molecule has 4 rings (SSSR count). The Kier molecular flexibility index (Phi) is 2.99. The van der Waals surface area contributed by atoms with Gasteiger partial charge in [-0.05, 0) is 64.2 Å². The fraction of sp³-hybridized carbons (Fsp3) is 0.524. The molecule has 4 nitrogen and oxygen atoms in total. The number of phenolic OH excluding ortho intramolecular Hbond substituents is 2. The largest absolute Gasteiger partial charge is 0.504 e. The molecule has 0 saturated heterocycles. The quantitative estimate of drug-likeness (QED) is 0.430. The summed E-state index contributed by atoms with van der Waals surface area (Å²) < 4.78 is 0. The van der Waals surface area contributed by atoms with Crippen LogP contribution < -0.4 is 0 Å². The Morgan fingerprint density at radius 3 is 2.00 bits per heavy atom. The molecule has 3 aliphatic carbocycles. The van der Waals surface area contributed by atoms with E-state index in [0.29, 0.717) is 0 Å². The van der Waals surface area contributed by atoms with Crippen molar-refractivity contribution in [2.45, 2.75) is 63.6 Å². The summed E-state index contributed by atoms with van der Waals surface area (Å²) in [6.45, 7) is 8.66. The highest BCUT2D eigenvalue weighted by atomic mass is 16.5. The second-order valence-corrected chi connectivity index (χ2v) is 9.35. The zero-order valence-corrected chi connectivity index (χ0v) is 15.2. The van der Waals surface area contributed by atoms with Crippen LogP contribution in [0.1, 0.15) is 58.1 Å². The lowest BCUT2D eigenvalue weighted by Crippen LogP contribution is -2.32. The number of fused-ring (bicyclic) bond motifs is 4. The first-order valence-electron chi connectivity index (χ1n) is 8.84. The molecule has 1 fully saturated rings. The van der Waals surface area contributed by atoms with Crippen molar-refractivity contribution in [2.24, 2.45) is 5.41 Å². The molecule has 4 heteroatoms. The van der Waals surface area contributed by atoms with Gasteiger partial charge in [-0.15, -0.1) is 0 Å². The van der Waals surface area contributed by atoms with Crippen LogP contribution in [-0.4, -0.2) is 26.2 Å². The van der Waals surface area contributed by atoms with Crippen molar-refractivity contribution in [1.82, 2.24) is 0 Å². The highest BCUT2D eigenvalue weighted by Gasteiger charge is 2.59. The molecule has 1 aromatic carbocycles. The molecule has 0 radical (unpaired) electrons. The molecule has 0 aliphatic heterocycles. The van der Waals surface area contributed by atoms with Crippen LogP contribution >= 0.6 is 0 Å². The molecule has 0 aromatic heterocycles. The molecule has 0 amide bonds. The van der Waals surface area contributed by atoms with Gasteiger partial charge >= 0.3 is 0 Å². The summed E-state index contributed by atoms with van der Waals surface area (Å²) in [5, 5.41) is 40.7. The van der Waals surface area contributed by atoms with Crippen molar-refractivity contribution in [2.75, 3.05) is 0 Å². The number of phenols is 2. The first kappa shape index (κ1) is 16.7. The van der Waals surface area contributed by atoms with Crippen LogP contribution in [0.4, 0.5) is 0 Å². The van der Waals surface area contributed by atoms with E-state index in [-0.39, 0.29) is 34.2 Å². The highest BCUT2D eigenvalue weighted by Crippen LogP contribution is 2.67. The third-order valence-electron chi connectivity index (χ3n) is 6.36. The van der Waals surface area contributed by atoms with E-state index in [1.165, 1.54) is 5.57 Å². The van der Waals surface area contributed by atoms with Crippen molar-refractivity contribution < 1.29 is 20.4 Å². The van der Waals surface area contributed by atoms with Crippen LogP contribution in [0.5, 0.6) is 11.5 Å². The predicted molar refractivity (Wildman–Crippen MR) is 95.4 cm³/mol. The van der Waals surface area contributed by atoms with E-state index < -0.39 is 5.79 Å². The van der Waals surface area contributed by atoms with Crippen LogP contribution in [0, 0.1) is 5.41 Å². The molecule has 3 aliphatic rings. The Morgan fingerprint density at radius 1 is 0.800 bits per heavy atom. The highest BCUT2D eigenvalue weighted by molar-refractivity contribution is 5.65. The maximum atomic E-state index is 10.3. The van der Waals surface area contributed by atoms with E-state index in [0.717, 1.165) is 29.5 Å². The Labute approximate surface area is 148 Å². The number of hydrogen-bond acceptors (Lipinski definition) is 4. The standard InChI is InChI=1S/C21H26O4/c1-18(2)10-20(15-9-21(24,25)6-5-12(15)18)11-19(3,4)13-7-16(22)17(23)8-14(13)20/h5,7-9,22-25H,6,10-11H2,1-4H3. The minimum absolute atomic E-state index is 0.0898. The molecular formula is C21H26O4. The van der Waals surface area contributed by atoms with Crippen molar-refractivity contribution in [3.05, 3.63) is 46.6 Å². The van der Waals surface area contributed by atoms with E-state index in [4.69, 9.17) is 0 Å². The Morgan fingerprint density at radius 2 is 1.36 bits per heavy atom. The van der Waals surface area contributed by atoms with Gasteiger partial charge in [-0.3, -0.25) is 0 Å². The maximum absolute atomic E-state index is 10.3. The summed E-state index contributed by atoms with van der Waals surface area (Å²) in [5.74, 6) is -2.06. The number of aliphatic hydroxyl groups is 2. The van der Waals surface area contributed by atoms with Crippen molar-refractivity contribution >= 4 is 0 Å². The minimum atomic E-state index is -1.84. The summed E-state index contributed by atoms with van der Waals surface area (Å²) in [6, 6.07) is 3.34. The van der Waals surface area contributed by atoms with Gasteiger partial charge in [-0.25, -0.2) is 0 Å². The Bertz CT molecular complexity index is 842. The van der Waals surface area contributed by atoms with Crippen LogP contribution in [0.2, 0.25) is 0 Å². The van der Waals surface area contributed by atoms with Gasteiger partial charge in [0, 0.05) is 11.8 Å². The molecule has 0 heterocycles. The van der Waals surface area contributed by atoms with Gasteiger partial charge < -0.3 is 20.4 Å². The van der Waals surface area contributed by atoms with Gasteiger partial charge in [0.05, 0.1) is 0 Å². The van der Waals surface area contributed by atoms with Gasteiger partial charge in [0.25, 0.3) is 0 Å². The number of rotatable bonds is 0. The van der Waals surface area contributed by atoms with Crippen LogP contribution in [0.3, 0.4) is 0 Å². The van der Waals surface area contributed by atoms with Crippen molar-refractivity contribution in [3.8, 4) is 11.5 Å². The zero-order chi connectivity index (χ0) is 18.4. The predicted octanol–water partition coefficient (Wildman–Crippen LogP) is 3.38. The number of allylic oxidation sites excluding steroid dienone is 2. The second-order valence-electron chi connectivity index (χ2n) is 9.35.